The first kappa shape index (κ1) is 30.2. The Bertz CT molecular complexity index is 1300. The van der Waals surface area contributed by atoms with Crippen molar-refractivity contribution in [1.29, 1.82) is 0 Å². The van der Waals surface area contributed by atoms with E-state index in [1.807, 2.05) is 30.3 Å². The predicted molar refractivity (Wildman–Crippen MR) is 148 cm³/mol. The third kappa shape index (κ3) is 7.11. The van der Waals surface area contributed by atoms with Crippen LogP contribution >= 0.6 is 0 Å². The summed E-state index contributed by atoms with van der Waals surface area (Å²) in [6.45, 7) is 7.24. The molecule has 220 valence electrons. The normalized spacial score (nSPS) is 24.8. The van der Waals surface area contributed by atoms with E-state index in [-0.39, 0.29) is 23.7 Å². The number of hydrogen-bond acceptors (Lipinski definition) is 6. The zero-order valence-electron chi connectivity index (χ0n) is 23.2. The first-order chi connectivity index (χ1) is 19.5. The standard InChI is InChI=1S/C31H35F3N2O5/c1-4-16-36-17-15-29(24-8-6-9-26(19-24)39-3)20-25(13-14-30(29,21-36)40-22(2)37)35-28(38)12-11-23-7-5-10-27(18-23)41-31(32,33)34/h4-12,18-19,25H,1,13-17,20-21H2,2-3H3,(H,35,38)/b12-11+. The van der Waals surface area contributed by atoms with E-state index >= 15 is 0 Å². The van der Waals surface area contributed by atoms with Gasteiger partial charge in [0.1, 0.15) is 17.1 Å². The number of nitrogens with zero attached hydrogens (tertiary/aromatic N) is 1. The van der Waals surface area contributed by atoms with Crippen molar-refractivity contribution in [3.05, 3.63) is 78.4 Å². The van der Waals surface area contributed by atoms with Crippen molar-refractivity contribution in [3.8, 4) is 11.5 Å². The van der Waals surface area contributed by atoms with Gasteiger partial charge < -0.3 is 19.5 Å². The van der Waals surface area contributed by atoms with Crippen LogP contribution in [0.15, 0.2) is 67.3 Å². The fourth-order valence-electron chi connectivity index (χ4n) is 6.31. The lowest BCUT2D eigenvalue weighted by atomic mass is 9.55. The molecule has 1 aliphatic carbocycles. The van der Waals surface area contributed by atoms with Crippen LogP contribution in [0.1, 0.15) is 43.7 Å². The summed E-state index contributed by atoms with van der Waals surface area (Å²) in [6, 6.07) is 12.9. The molecule has 1 aliphatic heterocycles. The van der Waals surface area contributed by atoms with Crippen molar-refractivity contribution < 1.29 is 37.0 Å². The van der Waals surface area contributed by atoms with Gasteiger partial charge in [-0.05, 0) is 73.7 Å². The molecule has 1 saturated heterocycles. The van der Waals surface area contributed by atoms with Crippen LogP contribution in [0, 0.1) is 0 Å². The van der Waals surface area contributed by atoms with E-state index in [0.717, 1.165) is 12.1 Å². The Morgan fingerprint density at radius 2 is 1.90 bits per heavy atom. The Balaban J connectivity index is 1.59. The molecule has 1 heterocycles. The number of hydrogen-bond donors (Lipinski definition) is 1. The molecule has 4 rings (SSSR count). The maximum absolute atomic E-state index is 13.0. The van der Waals surface area contributed by atoms with Crippen molar-refractivity contribution >= 4 is 18.0 Å². The molecule has 1 saturated carbocycles. The van der Waals surface area contributed by atoms with E-state index in [4.69, 9.17) is 9.47 Å². The van der Waals surface area contributed by atoms with Gasteiger partial charge in [-0.25, -0.2) is 0 Å². The van der Waals surface area contributed by atoms with Crippen LogP contribution in [0.25, 0.3) is 6.08 Å². The van der Waals surface area contributed by atoms with E-state index < -0.39 is 17.4 Å². The average molecular weight is 573 g/mol. The number of ether oxygens (including phenoxy) is 3. The lowest BCUT2D eigenvalue weighted by Gasteiger charge is -2.59. The van der Waals surface area contributed by atoms with Crippen molar-refractivity contribution in [3.63, 3.8) is 0 Å². The van der Waals surface area contributed by atoms with Crippen LogP contribution in [0.2, 0.25) is 0 Å². The van der Waals surface area contributed by atoms with Crippen molar-refractivity contribution in [1.82, 2.24) is 10.2 Å². The van der Waals surface area contributed by atoms with Gasteiger partial charge in [-0.2, -0.15) is 0 Å². The largest absolute Gasteiger partial charge is 0.573 e. The fraction of sp³-hybridized carbons (Fsp3) is 0.419. The maximum Gasteiger partial charge on any atom is 0.573 e. The van der Waals surface area contributed by atoms with Crippen molar-refractivity contribution in [2.45, 2.75) is 56.0 Å². The Labute approximate surface area is 238 Å². The summed E-state index contributed by atoms with van der Waals surface area (Å²) in [5, 5.41) is 3.07. The van der Waals surface area contributed by atoms with Gasteiger partial charge in [0, 0.05) is 37.5 Å². The zero-order valence-corrected chi connectivity index (χ0v) is 23.2. The van der Waals surface area contributed by atoms with Gasteiger partial charge in [-0.3, -0.25) is 14.5 Å². The number of alkyl halides is 3. The third-order valence-electron chi connectivity index (χ3n) is 7.91. The Morgan fingerprint density at radius 3 is 2.61 bits per heavy atom. The van der Waals surface area contributed by atoms with Crippen LogP contribution in [0.5, 0.6) is 11.5 Å². The minimum absolute atomic E-state index is 0.229. The Morgan fingerprint density at radius 1 is 1.15 bits per heavy atom. The smallest absolute Gasteiger partial charge is 0.497 e. The van der Waals surface area contributed by atoms with Crippen LogP contribution in [0.3, 0.4) is 0 Å². The molecule has 0 aromatic heterocycles. The molecule has 2 aliphatic rings. The van der Waals surface area contributed by atoms with Crippen molar-refractivity contribution in [2.75, 3.05) is 26.7 Å². The molecule has 2 fully saturated rings. The second kappa shape index (κ2) is 12.4. The number of esters is 1. The summed E-state index contributed by atoms with van der Waals surface area (Å²) in [5.74, 6) is -0.410. The molecule has 2 aromatic carbocycles. The number of amides is 1. The summed E-state index contributed by atoms with van der Waals surface area (Å²) in [4.78, 5) is 27.7. The highest BCUT2D eigenvalue weighted by atomic mass is 19.4. The highest BCUT2D eigenvalue weighted by Gasteiger charge is 2.60. The van der Waals surface area contributed by atoms with Gasteiger partial charge in [0.2, 0.25) is 5.91 Å². The lowest BCUT2D eigenvalue weighted by molar-refractivity contribution is -0.274. The van der Waals surface area contributed by atoms with E-state index in [0.29, 0.717) is 50.1 Å². The summed E-state index contributed by atoms with van der Waals surface area (Å²) in [7, 11) is 1.60. The SMILES string of the molecule is C=CCN1CCC2(c3cccc(OC)c3)CC(NC(=O)/C=C/c3cccc(OC(F)(F)F)c3)CCC2(OC(C)=O)C1. The number of carbonyl (C=O) groups excluding carboxylic acids is 2. The molecule has 41 heavy (non-hydrogen) atoms. The molecule has 2 aromatic rings. The van der Waals surface area contributed by atoms with Gasteiger partial charge in [0.15, 0.2) is 0 Å². The minimum Gasteiger partial charge on any atom is -0.497 e. The zero-order chi connectivity index (χ0) is 29.7. The van der Waals surface area contributed by atoms with Gasteiger partial charge in [0.25, 0.3) is 0 Å². The van der Waals surface area contributed by atoms with E-state index in [1.165, 1.54) is 37.3 Å². The second-order valence-corrected chi connectivity index (χ2v) is 10.6. The quantitative estimate of drug-likeness (QED) is 0.246. The topological polar surface area (TPSA) is 77.1 Å². The number of carbonyl (C=O) groups is 2. The van der Waals surface area contributed by atoms with Crippen molar-refractivity contribution in [2.24, 2.45) is 0 Å². The minimum atomic E-state index is -4.80. The highest BCUT2D eigenvalue weighted by Crippen LogP contribution is 2.54. The number of methoxy groups -OCH3 is 1. The first-order valence-electron chi connectivity index (χ1n) is 13.5. The predicted octanol–water partition coefficient (Wildman–Crippen LogP) is 5.41. The second-order valence-electron chi connectivity index (χ2n) is 10.6. The van der Waals surface area contributed by atoms with Gasteiger partial charge in [-0.1, -0.05) is 30.3 Å². The lowest BCUT2D eigenvalue weighted by Crippen LogP contribution is -2.68. The number of nitrogens with one attached hydrogen (secondary N) is 1. The average Bonchev–Trinajstić information content (AvgIpc) is 2.91. The van der Waals surface area contributed by atoms with E-state index in [1.54, 1.807) is 13.2 Å². The molecular formula is C31H35F3N2O5. The summed E-state index contributed by atoms with van der Waals surface area (Å²) in [5.41, 5.74) is -0.0366. The fourth-order valence-corrected chi connectivity index (χ4v) is 6.31. The van der Waals surface area contributed by atoms with E-state index in [9.17, 15) is 22.8 Å². The monoisotopic (exact) mass is 572 g/mol. The molecule has 0 spiro atoms. The molecule has 7 nitrogen and oxygen atoms in total. The van der Waals surface area contributed by atoms with Gasteiger partial charge >= 0.3 is 12.3 Å². The highest BCUT2D eigenvalue weighted by molar-refractivity contribution is 5.92. The summed E-state index contributed by atoms with van der Waals surface area (Å²) < 4.78 is 53.4. The molecular weight excluding hydrogens is 537 g/mol. The summed E-state index contributed by atoms with van der Waals surface area (Å²) >= 11 is 0. The number of halogens is 3. The van der Waals surface area contributed by atoms with Crippen LogP contribution in [-0.2, 0) is 19.7 Å². The first-order valence-corrected chi connectivity index (χ1v) is 13.5. The number of likely N-dealkylation sites (tertiary alicyclic amines) is 1. The summed E-state index contributed by atoms with van der Waals surface area (Å²) in [6.07, 6.45) is 2.10. The molecule has 0 radical (unpaired) electrons. The van der Waals surface area contributed by atoms with E-state index in [2.05, 4.69) is 21.5 Å². The Hall–Kier alpha value is -3.79. The molecule has 0 bridgehead atoms. The number of piperidine rings is 1. The number of fused-ring (bicyclic) bond motifs is 1. The molecule has 1 N–H and O–H groups in total. The third-order valence-corrected chi connectivity index (χ3v) is 7.91. The van der Waals surface area contributed by atoms with Crippen LogP contribution < -0.4 is 14.8 Å². The van der Waals surface area contributed by atoms with Crippen LogP contribution in [0.4, 0.5) is 13.2 Å². The molecule has 3 unspecified atom stereocenters. The Kier molecular flexibility index (Phi) is 9.11. The van der Waals surface area contributed by atoms with Gasteiger partial charge in [-0.15, -0.1) is 19.8 Å². The molecule has 10 heteroatoms. The van der Waals surface area contributed by atoms with Crippen LogP contribution in [-0.4, -0.2) is 61.5 Å². The maximum atomic E-state index is 13.0. The number of benzene rings is 2. The van der Waals surface area contributed by atoms with Gasteiger partial charge in [0.05, 0.1) is 7.11 Å². The molecule has 1 amide bonds. The number of rotatable bonds is 9. The molecule has 3 atom stereocenters.